The van der Waals surface area contributed by atoms with Crippen molar-refractivity contribution < 1.29 is 14.3 Å². The Labute approximate surface area is 139 Å². The Balaban J connectivity index is 1.53. The van der Waals surface area contributed by atoms with Crippen LogP contribution in [0.4, 0.5) is 0 Å². The molecule has 1 saturated carbocycles. The zero-order valence-corrected chi connectivity index (χ0v) is 14.1. The largest absolute Gasteiger partial charge is 0.440 e. The highest BCUT2D eigenvalue weighted by atomic mass is 32.1. The molecule has 0 aliphatic heterocycles. The van der Waals surface area contributed by atoms with Crippen LogP contribution in [0.25, 0.3) is 10.8 Å². The molecule has 2 N–H and O–H groups in total. The molecule has 2 aromatic heterocycles. The first kappa shape index (κ1) is 16.2. The van der Waals surface area contributed by atoms with Crippen molar-refractivity contribution in [1.82, 2.24) is 10.3 Å². The van der Waals surface area contributed by atoms with E-state index in [2.05, 4.69) is 10.3 Å². The first-order chi connectivity index (χ1) is 11.1. The second-order valence-corrected chi connectivity index (χ2v) is 7.11. The lowest BCUT2D eigenvalue weighted by Crippen LogP contribution is -2.33. The highest BCUT2D eigenvalue weighted by molar-refractivity contribution is 7.13. The van der Waals surface area contributed by atoms with E-state index in [0.29, 0.717) is 29.8 Å². The Kier molecular flexibility index (Phi) is 5.13. The molecule has 2 heterocycles. The van der Waals surface area contributed by atoms with Crippen LogP contribution in [0, 0.1) is 12.8 Å². The summed E-state index contributed by atoms with van der Waals surface area (Å²) in [4.78, 5) is 17.5. The molecule has 0 radical (unpaired) electrons. The third kappa shape index (κ3) is 4.20. The highest BCUT2D eigenvalue weighted by Gasteiger charge is 2.21. The molecule has 1 aliphatic rings. The van der Waals surface area contributed by atoms with Gasteiger partial charge < -0.3 is 14.8 Å². The number of thiophene rings is 1. The van der Waals surface area contributed by atoms with Crippen molar-refractivity contribution in [3.8, 4) is 10.8 Å². The normalized spacial score (nSPS) is 21.3. The van der Waals surface area contributed by atoms with Crippen LogP contribution >= 0.6 is 11.3 Å². The van der Waals surface area contributed by atoms with Gasteiger partial charge in [-0.05, 0) is 43.6 Å². The van der Waals surface area contributed by atoms with Crippen LogP contribution in [0.5, 0.6) is 0 Å². The number of carbonyl (C=O) groups excluding carboxylic acids is 1. The fraction of sp³-hybridized carbons (Fsp3) is 0.529. The van der Waals surface area contributed by atoms with E-state index in [1.807, 2.05) is 24.4 Å². The van der Waals surface area contributed by atoms with E-state index in [1.165, 1.54) is 0 Å². The van der Waals surface area contributed by atoms with Crippen LogP contribution in [0.3, 0.4) is 0 Å². The predicted molar refractivity (Wildman–Crippen MR) is 89.2 cm³/mol. The fourth-order valence-electron chi connectivity index (χ4n) is 3.02. The van der Waals surface area contributed by atoms with Crippen LogP contribution in [-0.2, 0) is 11.2 Å². The molecule has 3 rings (SSSR count). The van der Waals surface area contributed by atoms with Gasteiger partial charge in [0.05, 0.1) is 23.1 Å². The molecule has 1 aliphatic carbocycles. The summed E-state index contributed by atoms with van der Waals surface area (Å²) in [7, 11) is 0. The Morgan fingerprint density at radius 2 is 2.39 bits per heavy atom. The van der Waals surface area contributed by atoms with E-state index in [9.17, 15) is 9.90 Å². The zero-order chi connectivity index (χ0) is 16.2. The van der Waals surface area contributed by atoms with Gasteiger partial charge in [-0.15, -0.1) is 11.3 Å². The van der Waals surface area contributed by atoms with Gasteiger partial charge in [0.25, 0.3) is 0 Å². The molecule has 6 heteroatoms. The Hall–Kier alpha value is -1.66. The van der Waals surface area contributed by atoms with E-state index in [4.69, 9.17) is 4.42 Å². The Morgan fingerprint density at radius 1 is 1.52 bits per heavy atom. The average Bonchev–Trinajstić information content (AvgIpc) is 3.16. The second-order valence-electron chi connectivity index (χ2n) is 6.17. The molecule has 2 aromatic rings. The molecule has 5 nitrogen and oxygen atoms in total. The average molecular weight is 334 g/mol. The number of aromatic nitrogens is 1. The maximum atomic E-state index is 12.1. The first-order valence-electron chi connectivity index (χ1n) is 8.06. The van der Waals surface area contributed by atoms with Gasteiger partial charge >= 0.3 is 0 Å². The number of nitrogens with zero attached hydrogens (tertiary/aromatic N) is 1. The number of carbonyl (C=O) groups is 1. The lowest BCUT2D eigenvalue weighted by atomic mass is 9.87. The van der Waals surface area contributed by atoms with E-state index in [0.717, 1.165) is 30.6 Å². The van der Waals surface area contributed by atoms with Gasteiger partial charge in [0.15, 0.2) is 0 Å². The minimum atomic E-state index is -0.211. The summed E-state index contributed by atoms with van der Waals surface area (Å²) >= 11 is 1.57. The summed E-state index contributed by atoms with van der Waals surface area (Å²) < 4.78 is 5.65. The molecule has 23 heavy (non-hydrogen) atoms. The van der Waals surface area contributed by atoms with Gasteiger partial charge in [-0.2, -0.15) is 0 Å². The van der Waals surface area contributed by atoms with Crippen LogP contribution < -0.4 is 5.32 Å². The van der Waals surface area contributed by atoms with Gasteiger partial charge in [0.1, 0.15) is 5.76 Å². The molecule has 124 valence electrons. The van der Waals surface area contributed by atoms with Crippen LogP contribution in [-0.4, -0.2) is 28.6 Å². The number of nitrogens with one attached hydrogen (secondary N) is 1. The van der Waals surface area contributed by atoms with Gasteiger partial charge in [-0.25, -0.2) is 4.98 Å². The summed E-state index contributed by atoms with van der Waals surface area (Å²) in [5.41, 5.74) is 0.689. The number of oxazole rings is 1. The van der Waals surface area contributed by atoms with E-state index < -0.39 is 0 Å². The predicted octanol–water partition coefficient (Wildman–Crippen LogP) is 2.92. The van der Waals surface area contributed by atoms with Crippen molar-refractivity contribution in [2.75, 3.05) is 6.54 Å². The van der Waals surface area contributed by atoms with Crippen LogP contribution in [0.1, 0.15) is 37.1 Å². The van der Waals surface area contributed by atoms with Crippen molar-refractivity contribution in [1.29, 1.82) is 0 Å². The molecule has 0 spiro atoms. The van der Waals surface area contributed by atoms with Gasteiger partial charge in [-0.3, -0.25) is 4.79 Å². The quantitative estimate of drug-likeness (QED) is 0.881. The fourth-order valence-corrected chi connectivity index (χ4v) is 3.67. The second kappa shape index (κ2) is 7.27. The van der Waals surface area contributed by atoms with Crippen LogP contribution in [0.15, 0.2) is 21.9 Å². The molecule has 0 bridgehead atoms. The van der Waals surface area contributed by atoms with Gasteiger partial charge in [0.2, 0.25) is 11.8 Å². The molecule has 0 saturated heterocycles. The number of aliphatic hydroxyl groups excluding tert-OH is 1. The summed E-state index contributed by atoms with van der Waals surface area (Å²) in [6.45, 7) is 2.47. The monoisotopic (exact) mass is 334 g/mol. The topological polar surface area (TPSA) is 75.4 Å². The van der Waals surface area contributed by atoms with Crippen LogP contribution in [0.2, 0.25) is 0 Å². The minimum absolute atomic E-state index is 0.0424. The van der Waals surface area contributed by atoms with Gasteiger partial charge in [0, 0.05) is 6.54 Å². The SMILES string of the molecule is Cc1oc(-c2cccs2)nc1CC(=O)NCC1CCCC(O)C1. The Morgan fingerprint density at radius 3 is 3.13 bits per heavy atom. The summed E-state index contributed by atoms with van der Waals surface area (Å²) in [6.07, 6.45) is 3.80. The molecule has 2 atom stereocenters. The number of aliphatic hydroxyl groups is 1. The number of rotatable bonds is 5. The smallest absolute Gasteiger partial charge is 0.236 e. The molecular weight excluding hydrogens is 312 g/mol. The standard InChI is InChI=1S/C17H22N2O3S/c1-11-14(19-17(22-11)15-6-3-7-23-15)9-16(21)18-10-12-4-2-5-13(20)8-12/h3,6-7,12-13,20H,2,4-5,8-10H2,1H3,(H,18,21). The summed E-state index contributed by atoms with van der Waals surface area (Å²) in [5, 5.41) is 14.6. The zero-order valence-electron chi connectivity index (χ0n) is 13.2. The molecule has 1 amide bonds. The number of aryl methyl sites for hydroxylation is 1. The number of amides is 1. The molecule has 1 fully saturated rings. The van der Waals surface area contributed by atoms with Gasteiger partial charge in [-0.1, -0.05) is 12.5 Å². The van der Waals surface area contributed by atoms with Crippen molar-refractivity contribution >= 4 is 17.2 Å². The van der Waals surface area contributed by atoms with E-state index in [-0.39, 0.29) is 18.4 Å². The van der Waals surface area contributed by atoms with Crippen molar-refractivity contribution in [3.63, 3.8) is 0 Å². The molecule has 2 unspecified atom stereocenters. The first-order valence-corrected chi connectivity index (χ1v) is 8.94. The van der Waals surface area contributed by atoms with E-state index in [1.54, 1.807) is 11.3 Å². The lowest BCUT2D eigenvalue weighted by molar-refractivity contribution is -0.120. The molecular formula is C17H22N2O3S. The maximum Gasteiger partial charge on any atom is 0.236 e. The number of hydrogen-bond acceptors (Lipinski definition) is 5. The summed E-state index contributed by atoms with van der Waals surface area (Å²) in [6, 6.07) is 3.90. The third-order valence-corrected chi connectivity index (χ3v) is 5.15. The highest BCUT2D eigenvalue weighted by Crippen LogP contribution is 2.26. The van der Waals surface area contributed by atoms with Crippen molar-refractivity contribution in [2.24, 2.45) is 5.92 Å². The number of hydrogen-bond donors (Lipinski definition) is 2. The third-order valence-electron chi connectivity index (χ3n) is 4.30. The lowest BCUT2D eigenvalue weighted by Gasteiger charge is -2.25. The van der Waals surface area contributed by atoms with E-state index >= 15 is 0 Å². The maximum absolute atomic E-state index is 12.1. The Bertz CT molecular complexity index is 651. The molecule has 0 aromatic carbocycles. The van der Waals surface area contributed by atoms with Crippen molar-refractivity contribution in [2.45, 2.75) is 45.1 Å². The van der Waals surface area contributed by atoms with Crippen molar-refractivity contribution in [3.05, 3.63) is 29.0 Å². The summed E-state index contributed by atoms with van der Waals surface area (Å²) in [5.74, 6) is 1.61. The minimum Gasteiger partial charge on any atom is -0.440 e.